The predicted octanol–water partition coefficient (Wildman–Crippen LogP) is 1.49. The molecule has 2 rings (SSSR count). The van der Waals surface area contributed by atoms with Crippen molar-refractivity contribution in [3.05, 3.63) is 41.5 Å². The van der Waals surface area contributed by atoms with Crippen molar-refractivity contribution < 1.29 is 4.79 Å². The molecular formula is C14H19N5O. The predicted molar refractivity (Wildman–Crippen MR) is 77.5 cm³/mol. The summed E-state index contributed by atoms with van der Waals surface area (Å²) >= 11 is 0. The van der Waals surface area contributed by atoms with E-state index in [1.54, 1.807) is 10.9 Å². The van der Waals surface area contributed by atoms with Crippen molar-refractivity contribution >= 4 is 11.6 Å². The van der Waals surface area contributed by atoms with Crippen molar-refractivity contribution in [2.75, 3.05) is 11.9 Å². The molecule has 1 aromatic heterocycles. The topological polar surface area (TPSA) is 71.8 Å². The minimum absolute atomic E-state index is 0.103. The standard InChI is InChI=1S/C14H19N5O/c1-4-15-11-5-6-12(10(2)7-11)14(20)16-8-13-18-17-9-19(13)3/h5-7,9,15H,4,8H2,1-3H3,(H,16,20). The summed E-state index contributed by atoms with van der Waals surface area (Å²) in [5.41, 5.74) is 2.64. The van der Waals surface area contributed by atoms with Crippen molar-refractivity contribution in [2.45, 2.75) is 20.4 Å². The molecule has 0 saturated carbocycles. The van der Waals surface area contributed by atoms with Gasteiger partial charge >= 0.3 is 0 Å². The maximum Gasteiger partial charge on any atom is 0.251 e. The molecule has 1 heterocycles. The van der Waals surface area contributed by atoms with E-state index in [4.69, 9.17) is 0 Å². The van der Waals surface area contributed by atoms with Crippen molar-refractivity contribution in [3.63, 3.8) is 0 Å². The lowest BCUT2D eigenvalue weighted by Crippen LogP contribution is -2.25. The number of anilines is 1. The van der Waals surface area contributed by atoms with Crippen LogP contribution in [0.1, 0.15) is 28.7 Å². The van der Waals surface area contributed by atoms with E-state index in [0.29, 0.717) is 12.1 Å². The number of benzene rings is 1. The van der Waals surface area contributed by atoms with Crippen molar-refractivity contribution in [3.8, 4) is 0 Å². The van der Waals surface area contributed by atoms with Gasteiger partial charge in [-0.15, -0.1) is 10.2 Å². The summed E-state index contributed by atoms with van der Waals surface area (Å²) in [6.45, 7) is 5.19. The number of nitrogens with one attached hydrogen (secondary N) is 2. The van der Waals surface area contributed by atoms with Gasteiger partial charge in [0, 0.05) is 24.8 Å². The Hall–Kier alpha value is -2.37. The number of carbonyl (C=O) groups is 1. The van der Waals surface area contributed by atoms with Gasteiger partial charge in [0.25, 0.3) is 5.91 Å². The highest BCUT2D eigenvalue weighted by Crippen LogP contribution is 2.15. The van der Waals surface area contributed by atoms with Crippen LogP contribution in [-0.2, 0) is 13.6 Å². The minimum Gasteiger partial charge on any atom is -0.385 e. The number of carbonyl (C=O) groups excluding carboxylic acids is 1. The molecule has 0 fully saturated rings. The second-order valence-electron chi connectivity index (χ2n) is 4.60. The third-order valence-electron chi connectivity index (χ3n) is 3.06. The first-order valence-electron chi connectivity index (χ1n) is 6.57. The lowest BCUT2D eigenvalue weighted by Gasteiger charge is -2.10. The summed E-state index contributed by atoms with van der Waals surface area (Å²) in [7, 11) is 1.85. The van der Waals surface area contributed by atoms with E-state index in [9.17, 15) is 4.79 Å². The van der Waals surface area contributed by atoms with E-state index in [0.717, 1.165) is 23.6 Å². The zero-order valence-electron chi connectivity index (χ0n) is 12.0. The van der Waals surface area contributed by atoms with E-state index in [1.807, 2.05) is 39.1 Å². The molecule has 6 heteroatoms. The molecule has 106 valence electrons. The molecule has 0 radical (unpaired) electrons. The fraction of sp³-hybridized carbons (Fsp3) is 0.357. The molecule has 6 nitrogen and oxygen atoms in total. The highest BCUT2D eigenvalue weighted by atomic mass is 16.1. The zero-order valence-corrected chi connectivity index (χ0v) is 12.0. The molecule has 2 N–H and O–H groups in total. The Balaban J connectivity index is 2.04. The van der Waals surface area contributed by atoms with Gasteiger partial charge in [-0.2, -0.15) is 0 Å². The Kier molecular flexibility index (Phi) is 4.34. The van der Waals surface area contributed by atoms with Gasteiger partial charge in [0.15, 0.2) is 5.82 Å². The molecule has 0 spiro atoms. The molecule has 0 bridgehead atoms. The fourth-order valence-corrected chi connectivity index (χ4v) is 1.95. The van der Waals surface area contributed by atoms with Crippen molar-refractivity contribution in [2.24, 2.45) is 7.05 Å². The summed E-state index contributed by atoms with van der Waals surface area (Å²) in [6, 6.07) is 5.72. The zero-order chi connectivity index (χ0) is 14.5. The summed E-state index contributed by atoms with van der Waals surface area (Å²) in [5.74, 6) is 0.619. The molecule has 1 aromatic carbocycles. The number of hydrogen-bond donors (Lipinski definition) is 2. The summed E-state index contributed by atoms with van der Waals surface area (Å²) < 4.78 is 1.78. The second-order valence-corrected chi connectivity index (χ2v) is 4.60. The van der Waals surface area contributed by atoms with Crippen molar-refractivity contribution in [1.29, 1.82) is 0 Å². The Morgan fingerprint density at radius 3 is 2.80 bits per heavy atom. The third kappa shape index (κ3) is 3.14. The van der Waals surface area contributed by atoms with Gasteiger partial charge in [-0.25, -0.2) is 0 Å². The highest BCUT2D eigenvalue weighted by molar-refractivity contribution is 5.95. The maximum absolute atomic E-state index is 12.2. The number of hydrogen-bond acceptors (Lipinski definition) is 4. The van der Waals surface area contributed by atoms with E-state index in [2.05, 4.69) is 20.8 Å². The molecule has 0 aliphatic rings. The molecule has 0 saturated heterocycles. The molecular weight excluding hydrogens is 254 g/mol. The van der Waals surface area contributed by atoms with E-state index >= 15 is 0 Å². The quantitative estimate of drug-likeness (QED) is 0.865. The van der Waals surface area contributed by atoms with E-state index in [-0.39, 0.29) is 5.91 Å². The van der Waals surface area contributed by atoms with Gasteiger partial charge in [-0.05, 0) is 37.6 Å². The van der Waals surface area contributed by atoms with Gasteiger partial charge in [-0.1, -0.05) is 0 Å². The van der Waals surface area contributed by atoms with Crippen LogP contribution in [0.2, 0.25) is 0 Å². The number of aromatic nitrogens is 3. The van der Waals surface area contributed by atoms with Crippen LogP contribution in [0.15, 0.2) is 24.5 Å². The van der Waals surface area contributed by atoms with Crippen LogP contribution in [-0.4, -0.2) is 27.2 Å². The lowest BCUT2D eigenvalue weighted by molar-refractivity contribution is 0.0949. The average Bonchev–Trinajstić information content (AvgIpc) is 2.82. The monoisotopic (exact) mass is 273 g/mol. The van der Waals surface area contributed by atoms with Crippen molar-refractivity contribution in [1.82, 2.24) is 20.1 Å². The summed E-state index contributed by atoms with van der Waals surface area (Å²) in [4.78, 5) is 12.2. The van der Waals surface area contributed by atoms with Gasteiger partial charge in [0.05, 0.1) is 6.54 Å². The number of rotatable bonds is 5. The largest absolute Gasteiger partial charge is 0.385 e. The second kappa shape index (κ2) is 6.18. The van der Waals surface area contributed by atoms with Gasteiger partial charge in [0.2, 0.25) is 0 Å². The summed E-state index contributed by atoms with van der Waals surface area (Å²) in [5, 5.41) is 13.8. The van der Waals surface area contributed by atoms with Gasteiger partial charge in [0.1, 0.15) is 6.33 Å². The van der Waals surface area contributed by atoms with E-state index in [1.165, 1.54) is 0 Å². The Morgan fingerprint density at radius 2 is 2.20 bits per heavy atom. The first kappa shape index (κ1) is 14.0. The first-order valence-corrected chi connectivity index (χ1v) is 6.57. The SMILES string of the molecule is CCNc1ccc(C(=O)NCc2nncn2C)c(C)c1. The Morgan fingerprint density at radius 1 is 1.40 bits per heavy atom. The van der Waals surface area contributed by atoms with Crippen LogP contribution >= 0.6 is 0 Å². The van der Waals surface area contributed by atoms with Crippen LogP contribution < -0.4 is 10.6 Å². The molecule has 0 aliphatic carbocycles. The van der Waals surface area contributed by atoms with Crippen LogP contribution in [0.4, 0.5) is 5.69 Å². The molecule has 0 aliphatic heterocycles. The Bertz CT molecular complexity index is 605. The molecule has 0 atom stereocenters. The number of aryl methyl sites for hydroxylation is 2. The third-order valence-corrected chi connectivity index (χ3v) is 3.06. The number of nitrogens with zero attached hydrogens (tertiary/aromatic N) is 3. The minimum atomic E-state index is -0.103. The fourth-order valence-electron chi connectivity index (χ4n) is 1.95. The Labute approximate surface area is 118 Å². The first-order chi connectivity index (χ1) is 9.61. The van der Waals surface area contributed by atoms with Crippen LogP contribution in [0.3, 0.4) is 0 Å². The highest BCUT2D eigenvalue weighted by Gasteiger charge is 2.10. The number of amides is 1. The smallest absolute Gasteiger partial charge is 0.251 e. The molecule has 2 aromatic rings. The molecule has 0 unspecified atom stereocenters. The van der Waals surface area contributed by atoms with Crippen LogP contribution in [0.25, 0.3) is 0 Å². The van der Waals surface area contributed by atoms with Gasteiger partial charge < -0.3 is 15.2 Å². The van der Waals surface area contributed by atoms with Crippen LogP contribution in [0, 0.1) is 6.92 Å². The van der Waals surface area contributed by atoms with Gasteiger partial charge in [-0.3, -0.25) is 4.79 Å². The lowest BCUT2D eigenvalue weighted by atomic mass is 10.1. The van der Waals surface area contributed by atoms with Crippen LogP contribution in [0.5, 0.6) is 0 Å². The molecule has 1 amide bonds. The van der Waals surface area contributed by atoms with E-state index < -0.39 is 0 Å². The normalized spacial score (nSPS) is 10.3. The average molecular weight is 273 g/mol. The maximum atomic E-state index is 12.2. The molecule has 20 heavy (non-hydrogen) atoms. The summed E-state index contributed by atoms with van der Waals surface area (Å²) in [6.07, 6.45) is 1.61.